The molecular formula is C7H12O5. The number of carbonyl (C=O) groups excluding carboxylic acids is 2. The quantitative estimate of drug-likeness (QED) is 0.418. The fourth-order valence-corrected chi connectivity index (χ4v) is 0.644. The molecule has 0 aliphatic rings. The molecule has 0 saturated heterocycles. The molecule has 0 radical (unpaired) electrons. The number of rotatable bonds is 4. The molecule has 0 aliphatic carbocycles. The number of aliphatic hydroxyl groups is 2. The molecule has 70 valence electrons. The maximum Gasteiger partial charge on any atom is 0.303 e. The summed E-state index contributed by atoms with van der Waals surface area (Å²) in [6, 6.07) is 0. The highest BCUT2D eigenvalue weighted by Crippen LogP contribution is 2.02. The molecule has 2 N–H and O–H groups in total. The summed E-state index contributed by atoms with van der Waals surface area (Å²) in [4.78, 5) is 20.6. The highest BCUT2D eigenvalue weighted by molar-refractivity contribution is 5.70. The smallest absolute Gasteiger partial charge is 0.303 e. The van der Waals surface area contributed by atoms with Crippen LogP contribution in [-0.2, 0) is 14.3 Å². The van der Waals surface area contributed by atoms with E-state index >= 15 is 0 Å². The monoisotopic (exact) mass is 176 g/mol. The molecule has 0 spiro atoms. The number of aliphatic hydroxyl groups excluding tert-OH is 2. The Hall–Kier alpha value is -0.940. The first kappa shape index (κ1) is 11.1. The first-order chi connectivity index (χ1) is 5.49. The van der Waals surface area contributed by atoms with Crippen molar-refractivity contribution in [3.63, 3.8) is 0 Å². The highest BCUT2D eigenvalue weighted by atomic mass is 16.6. The van der Waals surface area contributed by atoms with E-state index < -0.39 is 24.3 Å². The van der Waals surface area contributed by atoms with E-state index in [2.05, 4.69) is 4.74 Å². The zero-order chi connectivity index (χ0) is 9.72. The van der Waals surface area contributed by atoms with Crippen LogP contribution in [0.5, 0.6) is 0 Å². The average molecular weight is 176 g/mol. The van der Waals surface area contributed by atoms with Crippen LogP contribution in [-0.4, -0.2) is 40.8 Å². The fourth-order valence-electron chi connectivity index (χ4n) is 0.644. The van der Waals surface area contributed by atoms with Crippen LogP contribution in [0.2, 0.25) is 0 Å². The molecule has 0 amide bonds. The molecule has 0 aliphatic heterocycles. The summed E-state index contributed by atoms with van der Waals surface area (Å²) in [6.07, 6.45) is -3.49. The lowest BCUT2D eigenvalue weighted by Gasteiger charge is -2.19. The predicted octanol–water partition coefficient (Wildman–Crippen LogP) is -1.14. The Bertz CT molecular complexity index is 165. The summed E-state index contributed by atoms with van der Waals surface area (Å²) in [5.74, 6) is -0.674. The van der Waals surface area contributed by atoms with Crippen LogP contribution in [0.1, 0.15) is 13.8 Å². The molecule has 0 aromatic heterocycles. The standard InChI is InChI=1S/C7H12O5/c1-4(9)7(11)6(3-8)12-5(2)10/h3-4,6-7,9,11H,1-2H3/t4-,6+,7-/m1/s1. The molecule has 0 aromatic rings. The second kappa shape index (κ2) is 4.84. The Morgan fingerprint density at radius 1 is 1.50 bits per heavy atom. The van der Waals surface area contributed by atoms with Crippen LogP contribution in [0, 0.1) is 0 Å². The van der Waals surface area contributed by atoms with Crippen molar-refractivity contribution in [3.8, 4) is 0 Å². The van der Waals surface area contributed by atoms with Crippen molar-refractivity contribution in [2.45, 2.75) is 32.2 Å². The summed E-state index contributed by atoms with van der Waals surface area (Å²) >= 11 is 0. The SMILES string of the molecule is CC(=O)O[C@@H](C=O)[C@H](O)[C@@H](C)O. The van der Waals surface area contributed by atoms with Gasteiger partial charge in [0.05, 0.1) is 6.10 Å². The average Bonchev–Trinajstić information content (AvgIpc) is 1.98. The van der Waals surface area contributed by atoms with Crippen molar-refractivity contribution < 1.29 is 24.5 Å². The number of ether oxygens (including phenoxy) is 1. The van der Waals surface area contributed by atoms with Crippen LogP contribution >= 0.6 is 0 Å². The number of carbonyl (C=O) groups is 2. The molecule has 5 heteroatoms. The molecular weight excluding hydrogens is 164 g/mol. The van der Waals surface area contributed by atoms with Gasteiger partial charge in [0, 0.05) is 6.92 Å². The third kappa shape index (κ3) is 3.45. The molecule has 12 heavy (non-hydrogen) atoms. The van der Waals surface area contributed by atoms with Crippen molar-refractivity contribution in [2.24, 2.45) is 0 Å². The van der Waals surface area contributed by atoms with E-state index in [1.807, 2.05) is 0 Å². The lowest BCUT2D eigenvalue weighted by atomic mass is 10.1. The number of hydrogen-bond acceptors (Lipinski definition) is 5. The molecule has 0 heterocycles. The Balaban J connectivity index is 4.14. The first-order valence-electron chi connectivity index (χ1n) is 3.47. The van der Waals surface area contributed by atoms with Gasteiger partial charge in [0.15, 0.2) is 12.4 Å². The van der Waals surface area contributed by atoms with E-state index in [0.717, 1.165) is 6.92 Å². The van der Waals surface area contributed by atoms with Crippen molar-refractivity contribution >= 4 is 12.3 Å². The van der Waals surface area contributed by atoms with Crippen LogP contribution < -0.4 is 0 Å². The summed E-state index contributed by atoms with van der Waals surface area (Å²) in [7, 11) is 0. The molecule has 5 nitrogen and oxygen atoms in total. The Morgan fingerprint density at radius 2 is 2.00 bits per heavy atom. The third-order valence-corrected chi connectivity index (χ3v) is 1.27. The fraction of sp³-hybridized carbons (Fsp3) is 0.714. The Morgan fingerprint density at radius 3 is 2.25 bits per heavy atom. The first-order valence-corrected chi connectivity index (χ1v) is 3.47. The molecule has 0 fully saturated rings. The number of hydrogen-bond donors (Lipinski definition) is 2. The van der Waals surface area contributed by atoms with E-state index in [4.69, 9.17) is 10.2 Å². The number of esters is 1. The molecule has 0 rings (SSSR count). The lowest BCUT2D eigenvalue weighted by Crippen LogP contribution is -2.39. The molecule has 0 aromatic carbocycles. The maximum absolute atomic E-state index is 10.4. The minimum atomic E-state index is -1.37. The second-order valence-corrected chi connectivity index (χ2v) is 2.44. The van der Waals surface area contributed by atoms with E-state index in [0.29, 0.717) is 0 Å². The molecule has 0 saturated carbocycles. The van der Waals surface area contributed by atoms with Crippen molar-refractivity contribution in [1.82, 2.24) is 0 Å². The van der Waals surface area contributed by atoms with E-state index in [-0.39, 0.29) is 6.29 Å². The largest absolute Gasteiger partial charge is 0.452 e. The normalized spacial score (nSPS) is 17.7. The van der Waals surface area contributed by atoms with Gasteiger partial charge in [0.1, 0.15) is 6.10 Å². The van der Waals surface area contributed by atoms with Crippen LogP contribution in [0.3, 0.4) is 0 Å². The summed E-state index contributed by atoms with van der Waals surface area (Å²) in [5.41, 5.74) is 0. The van der Waals surface area contributed by atoms with Crippen molar-refractivity contribution in [1.29, 1.82) is 0 Å². The molecule has 0 unspecified atom stereocenters. The van der Waals surface area contributed by atoms with Gasteiger partial charge in [0.2, 0.25) is 0 Å². The van der Waals surface area contributed by atoms with Gasteiger partial charge in [-0.1, -0.05) is 0 Å². The minimum absolute atomic E-state index is 0.277. The summed E-state index contributed by atoms with van der Waals surface area (Å²) in [5, 5.41) is 17.9. The number of aldehydes is 1. The van der Waals surface area contributed by atoms with Crippen LogP contribution in [0.25, 0.3) is 0 Å². The predicted molar refractivity (Wildman–Crippen MR) is 39.3 cm³/mol. The van der Waals surface area contributed by atoms with Gasteiger partial charge in [-0.15, -0.1) is 0 Å². The summed E-state index contributed by atoms with van der Waals surface area (Å²) in [6.45, 7) is 2.41. The van der Waals surface area contributed by atoms with Gasteiger partial charge in [-0.2, -0.15) is 0 Å². The van der Waals surface area contributed by atoms with E-state index in [1.54, 1.807) is 0 Å². The van der Waals surface area contributed by atoms with Crippen LogP contribution in [0.4, 0.5) is 0 Å². The third-order valence-electron chi connectivity index (χ3n) is 1.27. The maximum atomic E-state index is 10.4. The van der Waals surface area contributed by atoms with Gasteiger partial charge in [0.25, 0.3) is 0 Å². The minimum Gasteiger partial charge on any atom is -0.452 e. The summed E-state index contributed by atoms with van der Waals surface area (Å²) < 4.78 is 4.41. The van der Waals surface area contributed by atoms with E-state index in [1.165, 1.54) is 6.92 Å². The van der Waals surface area contributed by atoms with Gasteiger partial charge in [-0.3, -0.25) is 9.59 Å². The topological polar surface area (TPSA) is 83.8 Å². The highest BCUT2D eigenvalue weighted by Gasteiger charge is 2.25. The zero-order valence-corrected chi connectivity index (χ0v) is 6.93. The Labute approximate surface area is 70.0 Å². The van der Waals surface area contributed by atoms with Gasteiger partial charge >= 0.3 is 5.97 Å². The molecule has 3 atom stereocenters. The van der Waals surface area contributed by atoms with E-state index in [9.17, 15) is 9.59 Å². The zero-order valence-electron chi connectivity index (χ0n) is 6.93. The van der Waals surface area contributed by atoms with Gasteiger partial charge in [-0.25, -0.2) is 0 Å². The van der Waals surface area contributed by atoms with Crippen molar-refractivity contribution in [3.05, 3.63) is 0 Å². The van der Waals surface area contributed by atoms with Crippen molar-refractivity contribution in [2.75, 3.05) is 0 Å². The van der Waals surface area contributed by atoms with Crippen LogP contribution in [0.15, 0.2) is 0 Å². The second-order valence-electron chi connectivity index (χ2n) is 2.44. The Kier molecular flexibility index (Phi) is 4.46. The lowest BCUT2D eigenvalue weighted by molar-refractivity contribution is -0.159. The van der Waals surface area contributed by atoms with Gasteiger partial charge in [-0.05, 0) is 6.92 Å². The van der Waals surface area contributed by atoms with Gasteiger partial charge < -0.3 is 14.9 Å². The molecule has 0 bridgehead atoms.